The van der Waals surface area contributed by atoms with Crippen LogP contribution < -0.4 is 5.43 Å². The fourth-order valence-corrected chi connectivity index (χ4v) is 5.82. The number of rotatable bonds is 9. The summed E-state index contributed by atoms with van der Waals surface area (Å²) in [6, 6.07) is 17.6. The molecule has 0 aliphatic rings. The Morgan fingerprint density at radius 1 is 0.919 bits per heavy atom. The highest BCUT2D eigenvalue weighted by Crippen LogP contribution is 2.26. The Morgan fingerprint density at radius 3 is 2.08 bits per heavy atom. The van der Waals surface area contributed by atoms with Crippen LogP contribution in [-0.2, 0) is 26.1 Å². The number of methoxy groups -OCH3 is 1. The van der Waals surface area contributed by atoms with Crippen molar-refractivity contribution < 1.29 is 22.7 Å². The maximum absolute atomic E-state index is 13.8. The molecule has 0 aliphatic carbocycles. The van der Waals surface area contributed by atoms with E-state index in [2.05, 4.69) is 15.3 Å². The van der Waals surface area contributed by atoms with Crippen LogP contribution in [0, 0.1) is 27.7 Å². The first-order chi connectivity index (χ1) is 17.5. The summed E-state index contributed by atoms with van der Waals surface area (Å²) in [6.07, 6.45) is 1.41. The van der Waals surface area contributed by atoms with Crippen molar-refractivity contribution in [2.75, 3.05) is 13.7 Å². The van der Waals surface area contributed by atoms with Crippen LogP contribution in [0.15, 0.2) is 70.7 Å². The van der Waals surface area contributed by atoms with Crippen LogP contribution in [0.5, 0.6) is 0 Å². The highest BCUT2D eigenvalue weighted by atomic mass is 32.2. The van der Waals surface area contributed by atoms with Gasteiger partial charge in [-0.3, -0.25) is 4.79 Å². The number of ether oxygens (including phenoxy) is 1. The van der Waals surface area contributed by atoms with Gasteiger partial charge in [0, 0.05) is 6.54 Å². The average Bonchev–Trinajstić information content (AvgIpc) is 2.84. The molecule has 0 aliphatic heterocycles. The number of amides is 1. The summed E-state index contributed by atoms with van der Waals surface area (Å²) < 4.78 is 33.4. The van der Waals surface area contributed by atoms with Gasteiger partial charge < -0.3 is 4.74 Å². The van der Waals surface area contributed by atoms with Crippen LogP contribution in [0.3, 0.4) is 0 Å². The van der Waals surface area contributed by atoms with Gasteiger partial charge in [-0.2, -0.15) is 9.41 Å². The topological polar surface area (TPSA) is 105 Å². The molecule has 0 heterocycles. The van der Waals surface area contributed by atoms with E-state index in [4.69, 9.17) is 0 Å². The minimum Gasteiger partial charge on any atom is -0.465 e. The number of hydrogen-bond donors (Lipinski definition) is 1. The number of sulfonamides is 1. The molecule has 1 amide bonds. The fourth-order valence-electron chi connectivity index (χ4n) is 4.02. The molecule has 0 radical (unpaired) electrons. The van der Waals surface area contributed by atoms with Crippen molar-refractivity contribution in [3.05, 3.63) is 99.6 Å². The van der Waals surface area contributed by atoms with Gasteiger partial charge in [0.1, 0.15) is 0 Å². The number of carbonyl (C=O) groups is 2. The Balaban J connectivity index is 1.82. The summed E-state index contributed by atoms with van der Waals surface area (Å²) >= 11 is 0. The Bertz CT molecular complexity index is 1390. The molecule has 3 rings (SSSR count). The maximum atomic E-state index is 13.8. The average molecular weight is 522 g/mol. The molecule has 0 aromatic heterocycles. The van der Waals surface area contributed by atoms with E-state index in [9.17, 15) is 18.0 Å². The van der Waals surface area contributed by atoms with Gasteiger partial charge in [-0.15, -0.1) is 0 Å². The van der Waals surface area contributed by atoms with Crippen LogP contribution in [0.1, 0.15) is 43.7 Å². The first kappa shape index (κ1) is 27.8. The lowest BCUT2D eigenvalue weighted by Gasteiger charge is -2.24. The molecule has 194 valence electrons. The second-order valence-electron chi connectivity index (χ2n) is 8.89. The number of hydrazone groups is 1. The van der Waals surface area contributed by atoms with Crippen molar-refractivity contribution in [1.82, 2.24) is 9.73 Å². The third-order valence-corrected chi connectivity index (χ3v) is 7.83. The fraction of sp³-hybridized carbons (Fsp3) is 0.250. The quantitative estimate of drug-likeness (QED) is 0.260. The Labute approximate surface area is 218 Å². The van der Waals surface area contributed by atoms with Crippen molar-refractivity contribution in [3.63, 3.8) is 0 Å². The molecule has 8 nitrogen and oxygen atoms in total. The third-order valence-electron chi connectivity index (χ3n) is 5.74. The first-order valence-corrected chi connectivity index (χ1v) is 13.1. The van der Waals surface area contributed by atoms with E-state index >= 15 is 0 Å². The summed E-state index contributed by atoms with van der Waals surface area (Å²) in [4.78, 5) is 24.5. The van der Waals surface area contributed by atoms with Gasteiger partial charge in [-0.25, -0.2) is 18.6 Å². The summed E-state index contributed by atoms with van der Waals surface area (Å²) in [6.45, 7) is 6.99. The zero-order valence-corrected chi connectivity index (χ0v) is 22.4. The number of nitrogens with zero attached hydrogens (tertiary/aromatic N) is 2. The van der Waals surface area contributed by atoms with Crippen LogP contribution in [0.25, 0.3) is 0 Å². The van der Waals surface area contributed by atoms with Gasteiger partial charge in [0.15, 0.2) is 0 Å². The standard InChI is InChI=1S/C28H31N3O5S/c1-19-6-8-24(9-7-19)17-31(37(34,35)27-21(3)14-20(2)15-22(27)4)18-26(32)30-29-16-23-10-12-25(13-11-23)28(33)36-5/h6-16H,17-18H2,1-5H3,(H,30,32)/b29-16+. The molecule has 1 N–H and O–H groups in total. The lowest BCUT2D eigenvalue weighted by Crippen LogP contribution is -2.39. The molecule has 0 atom stereocenters. The Morgan fingerprint density at radius 2 is 1.51 bits per heavy atom. The highest BCUT2D eigenvalue weighted by molar-refractivity contribution is 7.89. The van der Waals surface area contributed by atoms with Crippen molar-refractivity contribution in [1.29, 1.82) is 0 Å². The predicted octanol–water partition coefficient (Wildman–Crippen LogP) is 4.05. The molecular formula is C28H31N3O5S. The number of nitrogens with one attached hydrogen (secondary N) is 1. The number of aryl methyl sites for hydroxylation is 4. The molecule has 0 unspecified atom stereocenters. The van der Waals surface area contributed by atoms with E-state index in [0.29, 0.717) is 22.3 Å². The number of carbonyl (C=O) groups excluding carboxylic acids is 2. The second kappa shape index (κ2) is 11.9. The second-order valence-corrected chi connectivity index (χ2v) is 10.8. The lowest BCUT2D eigenvalue weighted by molar-refractivity contribution is -0.121. The van der Waals surface area contributed by atoms with E-state index in [1.54, 1.807) is 38.1 Å². The predicted molar refractivity (Wildman–Crippen MR) is 143 cm³/mol. The molecule has 0 fully saturated rings. The molecular weight excluding hydrogens is 490 g/mol. The zero-order chi connectivity index (χ0) is 27.2. The van der Waals surface area contributed by atoms with Crippen molar-refractivity contribution in [3.8, 4) is 0 Å². The molecule has 0 saturated carbocycles. The zero-order valence-electron chi connectivity index (χ0n) is 21.6. The minimum absolute atomic E-state index is 0.0293. The van der Waals surface area contributed by atoms with E-state index < -0.39 is 28.4 Å². The van der Waals surface area contributed by atoms with E-state index in [-0.39, 0.29) is 11.4 Å². The van der Waals surface area contributed by atoms with Crippen molar-refractivity contribution in [2.45, 2.75) is 39.1 Å². The summed E-state index contributed by atoms with van der Waals surface area (Å²) in [5, 5.41) is 3.95. The van der Waals surface area contributed by atoms with Crippen LogP contribution in [0.2, 0.25) is 0 Å². The lowest BCUT2D eigenvalue weighted by atomic mass is 10.1. The first-order valence-electron chi connectivity index (χ1n) is 11.6. The number of esters is 1. The SMILES string of the molecule is COC(=O)c1ccc(/C=N/NC(=O)CN(Cc2ccc(C)cc2)S(=O)(=O)c2c(C)cc(C)cc2C)cc1. The Kier molecular flexibility index (Phi) is 8.96. The molecule has 3 aromatic rings. The van der Waals surface area contributed by atoms with Crippen LogP contribution in [0.4, 0.5) is 0 Å². The number of benzene rings is 3. The van der Waals surface area contributed by atoms with Crippen molar-refractivity contribution in [2.24, 2.45) is 5.10 Å². The van der Waals surface area contributed by atoms with E-state index in [1.807, 2.05) is 50.2 Å². The van der Waals surface area contributed by atoms with Gasteiger partial charge >= 0.3 is 5.97 Å². The third kappa shape index (κ3) is 7.12. The number of hydrogen-bond acceptors (Lipinski definition) is 6. The monoisotopic (exact) mass is 521 g/mol. The largest absolute Gasteiger partial charge is 0.465 e. The molecule has 0 bridgehead atoms. The van der Waals surface area contributed by atoms with Gasteiger partial charge in [-0.1, -0.05) is 59.7 Å². The molecule has 0 spiro atoms. The minimum atomic E-state index is -4.00. The van der Waals surface area contributed by atoms with E-state index in [0.717, 1.165) is 16.7 Å². The maximum Gasteiger partial charge on any atom is 0.337 e. The van der Waals surface area contributed by atoms with Gasteiger partial charge in [0.05, 0.1) is 30.3 Å². The van der Waals surface area contributed by atoms with Crippen molar-refractivity contribution >= 4 is 28.1 Å². The Hall–Kier alpha value is -3.82. The smallest absolute Gasteiger partial charge is 0.337 e. The molecule has 0 saturated heterocycles. The molecule has 37 heavy (non-hydrogen) atoms. The highest BCUT2D eigenvalue weighted by Gasteiger charge is 2.30. The summed E-state index contributed by atoms with van der Waals surface area (Å²) in [5.74, 6) is -1.04. The van der Waals surface area contributed by atoms with Crippen LogP contribution >= 0.6 is 0 Å². The van der Waals surface area contributed by atoms with Gasteiger partial charge in [-0.05, 0) is 62.1 Å². The van der Waals surface area contributed by atoms with Gasteiger partial charge in [0.2, 0.25) is 10.0 Å². The van der Waals surface area contributed by atoms with Crippen LogP contribution in [-0.4, -0.2) is 44.5 Å². The van der Waals surface area contributed by atoms with E-state index in [1.165, 1.54) is 17.6 Å². The molecule has 3 aromatic carbocycles. The van der Waals surface area contributed by atoms with Gasteiger partial charge in [0.25, 0.3) is 5.91 Å². The molecule has 9 heteroatoms. The summed E-state index contributed by atoms with van der Waals surface area (Å²) in [5.41, 5.74) is 7.46. The normalized spacial score (nSPS) is 11.6. The summed E-state index contributed by atoms with van der Waals surface area (Å²) in [7, 11) is -2.70.